The molecule has 0 aromatic carbocycles. The van der Waals surface area contributed by atoms with Crippen molar-refractivity contribution in [3.63, 3.8) is 0 Å². The monoisotopic (exact) mass is 172 g/mol. The van der Waals surface area contributed by atoms with E-state index in [-0.39, 0.29) is 0 Å². The molecule has 0 aromatic heterocycles. The van der Waals surface area contributed by atoms with Gasteiger partial charge >= 0.3 is 0 Å². The minimum Gasteiger partial charge on any atom is -0.387 e. The molecular weight excluding hydrogens is 152 g/mol. The molecule has 0 aliphatic rings. The van der Waals surface area contributed by atoms with E-state index in [4.69, 9.17) is 11.5 Å². The minimum atomic E-state index is -1.06. The fourth-order valence-electron chi connectivity index (χ4n) is 1.18. The van der Waals surface area contributed by atoms with E-state index >= 15 is 0 Å². The van der Waals surface area contributed by atoms with Gasteiger partial charge in [-0.2, -0.15) is 0 Å². The molecule has 0 saturated carbocycles. The molecule has 0 spiro atoms. The molecule has 0 aliphatic carbocycles. The Morgan fingerprint density at radius 3 is 2.33 bits per heavy atom. The molecule has 0 bridgehead atoms. The van der Waals surface area contributed by atoms with Crippen LogP contribution in [-0.2, 0) is 0 Å². The fourth-order valence-corrected chi connectivity index (χ4v) is 1.18. The summed E-state index contributed by atoms with van der Waals surface area (Å²) in [5.41, 5.74) is 9.41. The van der Waals surface area contributed by atoms with Crippen molar-refractivity contribution >= 4 is 0 Å². The van der Waals surface area contributed by atoms with Gasteiger partial charge in [0.1, 0.15) is 0 Å². The first-order chi connectivity index (χ1) is 5.37. The first-order valence-corrected chi connectivity index (χ1v) is 4.28. The van der Waals surface area contributed by atoms with Crippen LogP contribution < -0.4 is 11.5 Å². The van der Waals surface area contributed by atoms with Crippen LogP contribution in [-0.4, -0.2) is 16.4 Å². The Morgan fingerprint density at radius 1 is 1.50 bits per heavy atom. The van der Waals surface area contributed by atoms with Crippen molar-refractivity contribution in [1.29, 1.82) is 0 Å². The Hall–Kier alpha value is -0.380. The van der Waals surface area contributed by atoms with Gasteiger partial charge in [0.2, 0.25) is 0 Å². The molecule has 0 saturated heterocycles. The van der Waals surface area contributed by atoms with Crippen molar-refractivity contribution < 1.29 is 5.11 Å². The summed E-state index contributed by atoms with van der Waals surface area (Å²) >= 11 is 0. The van der Waals surface area contributed by atoms with Crippen LogP contribution in [0.2, 0.25) is 0 Å². The van der Waals surface area contributed by atoms with Crippen LogP contribution in [0.15, 0.2) is 12.7 Å². The van der Waals surface area contributed by atoms with E-state index in [2.05, 4.69) is 6.58 Å². The standard InChI is InChI=1S/C9H20N2O/c1-4-6-8(3,12)9(10,11)7-5-2/h5,12H,2,4,6-7,10-11H2,1,3H3. The lowest BCUT2D eigenvalue weighted by Crippen LogP contribution is -2.65. The first kappa shape index (κ1) is 11.6. The Morgan fingerprint density at radius 2 is 2.00 bits per heavy atom. The van der Waals surface area contributed by atoms with E-state index in [0.29, 0.717) is 12.8 Å². The maximum Gasteiger partial charge on any atom is 0.0964 e. The van der Waals surface area contributed by atoms with E-state index in [1.54, 1.807) is 13.0 Å². The largest absolute Gasteiger partial charge is 0.387 e. The van der Waals surface area contributed by atoms with Gasteiger partial charge in [0, 0.05) is 0 Å². The average Bonchev–Trinajstić information content (AvgIpc) is 1.86. The molecule has 1 atom stereocenters. The SMILES string of the molecule is C=CCC(N)(N)C(C)(O)CCC. The van der Waals surface area contributed by atoms with Crippen LogP contribution in [0.1, 0.15) is 33.1 Å². The highest BCUT2D eigenvalue weighted by Gasteiger charge is 2.38. The van der Waals surface area contributed by atoms with Gasteiger partial charge in [-0.15, -0.1) is 6.58 Å². The summed E-state index contributed by atoms with van der Waals surface area (Å²) in [5.74, 6) is 0. The predicted octanol–water partition coefficient (Wildman–Crippen LogP) is 0.727. The molecule has 5 N–H and O–H groups in total. The van der Waals surface area contributed by atoms with Gasteiger partial charge in [0.15, 0.2) is 0 Å². The van der Waals surface area contributed by atoms with Crippen LogP contribution in [0.3, 0.4) is 0 Å². The molecule has 0 rings (SSSR count). The molecule has 1 unspecified atom stereocenters. The molecule has 3 nitrogen and oxygen atoms in total. The molecule has 0 aliphatic heterocycles. The van der Waals surface area contributed by atoms with Gasteiger partial charge in [-0.25, -0.2) is 0 Å². The predicted molar refractivity (Wildman–Crippen MR) is 51.5 cm³/mol. The van der Waals surface area contributed by atoms with Crippen molar-refractivity contribution in [2.24, 2.45) is 11.5 Å². The Bertz CT molecular complexity index is 153. The van der Waals surface area contributed by atoms with Gasteiger partial charge in [-0.1, -0.05) is 19.4 Å². The molecule has 0 amide bonds. The molecule has 0 heterocycles. The number of nitrogens with two attached hydrogens (primary N) is 2. The van der Waals surface area contributed by atoms with Crippen molar-refractivity contribution in [2.75, 3.05) is 0 Å². The quantitative estimate of drug-likeness (QED) is 0.423. The lowest BCUT2D eigenvalue weighted by Gasteiger charge is -2.38. The zero-order valence-corrected chi connectivity index (χ0v) is 8.01. The second kappa shape index (κ2) is 4.03. The highest BCUT2D eigenvalue weighted by atomic mass is 16.3. The van der Waals surface area contributed by atoms with Gasteiger partial charge < -0.3 is 16.6 Å². The third-order valence-corrected chi connectivity index (χ3v) is 2.22. The lowest BCUT2D eigenvalue weighted by atomic mass is 9.84. The molecule has 0 radical (unpaired) electrons. The topological polar surface area (TPSA) is 72.3 Å². The van der Waals surface area contributed by atoms with E-state index in [9.17, 15) is 5.11 Å². The summed E-state index contributed by atoms with van der Waals surface area (Å²) in [4.78, 5) is 0. The number of hydrogen-bond donors (Lipinski definition) is 3. The summed E-state index contributed by atoms with van der Waals surface area (Å²) < 4.78 is 0. The Kier molecular flexibility index (Phi) is 3.90. The van der Waals surface area contributed by atoms with E-state index in [1.807, 2.05) is 6.92 Å². The Balaban J connectivity index is 4.38. The first-order valence-electron chi connectivity index (χ1n) is 4.28. The number of hydrogen-bond acceptors (Lipinski definition) is 3. The molecule has 3 heteroatoms. The van der Waals surface area contributed by atoms with Crippen LogP contribution in [0.4, 0.5) is 0 Å². The molecule has 12 heavy (non-hydrogen) atoms. The van der Waals surface area contributed by atoms with Gasteiger partial charge in [0.25, 0.3) is 0 Å². The number of aliphatic hydroxyl groups is 1. The third-order valence-electron chi connectivity index (χ3n) is 2.22. The highest BCUT2D eigenvalue weighted by molar-refractivity contribution is 4.99. The summed E-state index contributed by atoms with van der Waals surface area (Å²) in [7, 11) is 0. The normalized spacial score (nSPS) is 17.1. The van der Waals surface area contributed by atoms with E-state index in [0.717, 1.165) is 6.42 Å². The average molecular weight is 172 g/mol. The van der Waals surface area contributed by atoms with E-state index < -0.39 is 11.3 Å². The summed E-state index contributed by atoms with van der Waals surface area (Å²) in [5, 5.41) is 9.88. The van der Waals surface area contributed by atoms with Gasteiger partial charge in [-0.3, -0.25) is 0 Å². The highest BCUT2D eigenvalue weighted by Crippen LogP contribution is 2.23. The maximum atomic E-state index is 9.88. The second-order valence-corrected chi connectivity index (χ2v) is 3.56. The summed E-state index contributed by atoms with van der Waals surface area (Å²) in [6.45, 7) is 7.20. The Labute approximate surface area is 74.4 Å². The summed E-state index contributed by atoms with van der Waals surface area (Å²) in [6.07, 6.45) is 3.51. The fraction of sp³-hybridized carbons (Fsp3) is 0.778. The minimum absolute atomic E-state index is 0.417. The van der Waals surface area contributed by atoms with Crippen LogP contribution in [0.5, 0.6) is 0 Å². The zero-order valence-electron chi connectivity index (χ0n) is 8.01. The van der Waals surface area contributed by atoms with Crippen molar-refractivity contribution in [2.45, 2.75) is 44.4 Å². The van der Waals surface area contributed by atoms with Crippen LogP contribution in [0.25, 0.3) is 0 Å². The van der Waals surface area contributed by atoms with Crippen molar-refractivity contribution in [3.05, 3.63) is 12.7 Å². The molecule has 0 aromatic rings. The van der Waals surface area contributed by atoms with E-state index in [1.165, 1.54) is 0 Å². The summed E-state index contributed by atoms with van der Waals surface area (Å²) in [6, 6.07) is 0. The van der Waals surface area contributed by atoms with Gasteiger partial charge in [0.05, 0.1) is 11.3 Å². The van der Waals surface area contributed by atoms with Gasteiger partial charge in [-0.05, 0) is 19.8 Å². The third kappa shape index (κ3) is 2.59. The van der Waals surface area contributed by atoms with Crippen LogP contribution >= 0.6 is 0 Å². The molecule has 0 fully saturated rings. The molecule has 72 valence electrons. The molecular formula is C9H20N2O. The second-order valence-electron chi connectivity index (χ2n) is 3.56. The van der Waals surface area contributed by atoms with Crippen molar-refractivity contribution in [1.82, 2.24) is 0 Å². The van der Waals surface area contributed by atoms with Crippen molar-refractivity contribution in [3.8, 4) is 0 Å². The zero-order chi connectivity index (χ0) is 9.83. The maximum absolute atomic E-state index is 9.88. The smallest absolute Gasteiger partial charge is 0.0964 e. The lowest BCUT2D eigenvalue weighted by molar-refractivity contribution is -0.0241. The van der Waals surface area contributed by atoms with Crippen LogP contribution in [0, 0.1) is 0 Å². The number of rotatable bonds is 5.